The van der Waals surface area contributed by atoms with Crippen molar-refractivity contribution in [2.24, 2.45) is 0 Å². The van der Waals surface area contributed by atoms with Crippen LogP contribution in [0.1, 0.15) is 57.6 Å². The van der Waals surface area contributed by atoms with Crippen LogP contribution in [0.5, 0.6) is 5.75 Å². The van der Waals surface area contributed by atoms with Crippen molar-refractivity contribution in [2.75, 3.05) is 31.3 Å². The Labute approximate surface area is 235 Å². The Bertz CT molecular complexity index is 1380. The number of carbonyl (C=O) groups excluding carboxylic acids is 1. The zero-order valence-corrected chi connectivity index (χ0v) is 24.6. The number of methoxy groups -OCH3 is 1. The van der Waals surface area contributed by atoms with Gasteiger partial charge in [-0.15, -0.1) is 10.2 Å². The average Bonchev–Trinajstić information content (AvgIpc) is 3.38. The van der Waals surface area contributed by atoms with Gasteiger partial charge in [-0.3, -0.25) is 9.36 Å². The highest BCUT2D eigenvalue weighted by atomic mass is 32.2. The first-order valence-electron chi connectivity index (χ1n) is 13.4. The Balaban J connectivity index is 1.53. The second-order valence-electron chi connectivity index (χ2n) is 9.60. The van der Waals surface area contributed by atoms with E-state index in [9.17, 15) is 13.2 Å². The Kier molecular flexibility index (Phi) is 9.68. The fraction of sp³-hybridized carbons (Fsp3) is 0.464. The topological polar surface area (TPSA) is 106 Å². The van der Waals surface area contributed by atoms with E-state index in [2.05, 4.69) is 20.1 Å². The summed E-state index contributed by atoms with van der Waals surface area (Å²) >= 11 is 1.35. The van der Waals surface area contributed by atoms with Gasteiger partial charge >= 0.3 is 0 Å². The van der Waals surface area contributed by atoms with Gasteiger partial charge in [0.25, 0.3) is 0 Å². The minimum Gasteiger partial charge on any atom is -0.497 e. The molecule has 2 aromatic carbocycles. The first-order chi connectivity index (χ1) is 18.8. The number of ether oxygens (including phenoxy) is 1. The van der Waals surface area contributed by atoms with Crippen LogP contribution >= 0.6 is 11.8 Å². The van der Waals surface area contributed by atoms with E-state index in [0.717, 1.165) is 48.4 Å². The van der Waals surface area contributed by atoms with E-state index in [-0.39, 0.29) is 22.6 Å². The zero-order valence-electron chi connectivity index (χ0n) is 23.0. The molecule has 1 aromatic heterocycles. The molecule has 210 valence electrons. The highest BCUT2D eigenvalue weighted by Gasteiger charge is 2.25. The van der Waals surface area contributed by atoms with Gasteiger partial charge in [-0.2, -0.15) is 4.31 Å². The van der Waals surface area contributed by atoms with Gasteiger partial charge in [-0.1, -0.05) is 50.9 Å². The second-order valence-corrected chi connectivity index (χ2v) is 12.5. The van der Waals surface area contributed by atoms with Crippen LogP contribution in [0, 0.1) is 6.92 Å². The molecule has 1 fully saturated rings. The monoisotopic (exact) mass is 571 g/mol. The number of nitrogens with zero attached hydrogens (tertiary/aromatic N) is 4. The molecule has 1 heterocycles. The molecule has 4 rings (SSSR count). The van der Waals surface area contributed by atoms with Crippen molar-refractivity contribution in [1.29, 1.82) is 0 Å². The Hall–Kier alpha value is -2.89. The molecule has 0 aliphatic heterocycles. The second kappa shape index (κ2) is 13.0. The van der Waals surface area contributed by atoms with Crippen LogP contribution in [0.4, 0.5) is 5.69 Å². The minimum atomic E-state index is -3.63. The molecule has 1 aliphatic carbocycles. The molecule has 0 spiro atoms. The van der Waals surface area contributed by atoms with Crippen LogP contribution in [-0.2, 0) is 14.8 Å². The van der Waals surface area contributed by atoms with E-state index in [1.54, 1.807) is 33.1 Å². The van der Waals surface area contributed by atoms with E-state index in [0.29, 0.717) is 23.9 Å². The molecule has 0 radical (unpaired) electrons. The van der Waals surface area contributed by atoms with Crippen molar-refractivity contribution >= 4 is 33.4 Å². The lowest BCUT2D eigenvalue weighted by Gasteiger charge is -2.25. The number of carbonyl (C=O) groups is 1. The summed E-state index contributed by atoms with van der Waals surface area (Å²) in [5.41, 5.74) is 2.23. The standard InChI is InChI=1S/C28H37N5O4S2/c1-5-32(6-2)39(35,36)24-17-12-20(3)25(18-24)29-26(34)19-38-28-31-30-27(21-13-15-23(37-4)16-14-21)33(28)22-10-8-7-9-11-22/h12-18,22H,5-11,19H2,1-4H3,(H,29,34). The third-order valence-corrected chi connectivity index (χ3v) is 10.1. The largest absolute Gasteiger partial charge is 0.497 e. The predicted molar refractivity (Wildman–Crippen MR) is 155 cm³/mol. The van der Waals surface area contributed by atoms with Crippen molar-refractivity contribution in [3.8, 4) is 17.1 Å². The van der Waals surface area contributed by atoms with Crippen molar-refractivity contribution in [3.05, 3.63) is 48.0 Å². The average molecular weight is 572 g/mol. The SMILES string of the molecule is CCN(CC)S(=O)(=O)c1ccc(C)c(NC(=O)CSc2nnc(-c3ccc(OC)cc3)n2C2CCCCC2)c1. The lowest BCUT2D eigenvalue weighted by atomic mass is 9.95. The molecule has 1 aliphatic rings. The molecule has 0 atom stereocenters. The molecule has 0 bridgehead atoms. The number of sulfonamides is 1. The Morgan fingerprint density at radius 3 is 2.41 bits per heavy atom. The normalized spacial score (nSPS) is 14.5. The number of benzene rings is 2. The lowest BCUT2D eigenvalue weighted by Crippen LogP contribution is -2.30. The quantitative estimate of drug-likeness (QED) is 0.302. The number of thioether (sulfide) groups is 1. The highest BCUT2D eigenvalue weighted by molar-refractivity contribution is 7.99. The number of hydrogen-bond acceptors (Lipinski definition) is 7. The van der Waals surface area contributed by atoms with Crippen molar-refractivity contribution in [3.63, 3.8) is 0 Å². The van der Waals surface area contributed by atoms with E-state index in [1.807, 2.05) is 31.2 Å². The third-order valence-electron chi connectivity index (χ3n) is 7.11. The molecule has 1 N–H and O–H groups in total. The maximum absolute atomic E-state index is 13.0. The maximum Gasteiger partial charge on any atom is 0.243 e. The first-order valence-corrected chi connectivity index (χ1v) is 15.8. The number of aryl methyl sites for hydroxylation is 1. The van der Waals surface area contributed by atoms with Crippen molar-refractivity contribution in [2.45, 2.75) is 69.0 Å². The van der Waals surface area contributed by atoms with Gasteiger partial charge < -0.3 is 10.1 Å². The number of hydrogen-bond donors (Lipinski definition) is 1. The summed E-state index contributed by atoms with van der Waals surface area (Å²) in [6.45, 7) is 6.22. The summed E-state index contributed by atoms with van der Waals surface area (Å²) in [7, 11) is -1.99. The van der Waals surface area contributed by atoms with Gasteiger partial charge in [0.05, 0.1) is 17.8 Å². The van der Waals surface area contributed by atoms with Crippen LogP contribution < -0.4 is 10.1 Å². The van der Waals surface area contributed by atoms with Crippen LogP contribution in [0.3, 0.4) is 0 Å². The van der Waals surface area contributed by atoms with Crippen molar-refractivity contribution < 1.29 is 17.9 Å². The molecule has 0 unspecified atom stereocenters. The first kappa shape index (κ1) is 29.1. The maximum atomic E-state index is 13.0. The van der Waals surface area contributed by atoms with E-state index >= 15 is 0 Å². The highest BCUT2D eigenvalue weighted by Crippen LogP contribution is 2.36. The van der Waals surface area contributed by atoms with E-state index in [4.69, 9.17) is 4.74 Å². The molecule has 11 heteroatoms. The Morgan fingerprint density at radius 2 is 1.77 bits per heavy atom. The molecule has 1 saturated carbocycles. The van der Waals surface area contributed by atoms with Crippen LogP contribution in [0.15, 0.2) is 52.5 Å². The number of aromatic nitrogens is 3. The fourth-order valence-electron chi connectivity index (χ4n) is 4.91. The number of rotatable bonds is 11. The zero-order chi connectivity index (χ0) is 28.0. The van der Waals surface area contributed by atoms with Crippen LogP contribution in [0.2, 0.25) is 0 Å². The molecular formula is C28H37N5O4S2. The predicted octanol–water partition coefficient (Wildman–Crippen LogP) is 5.53. The van der Waals surface area contributed by atoms with Gasteiger partial charge in [0.2, 0.25) is 15.9 Å². The summed E-state index contributed by atoms with van der Waals surface area (Å²) in [4.78, 5) is 13.2. The summed E-state index contributed by atoms with van der Waals surface area (Å²) in [5, 5.41) is 12.6. The number of amides is 1. The van der Waals surface area contributed by atoms with Gasteiger partial charge in [0.1, 0.15) is 5.75 Å². The molecule has 1 amide bonds. The van der Waals surface area contributed by atoms with Crippen LogP contribution in [0.25, 0.3) is 11.4 Å². The smallest absolute Gasteiger partial charge is 0.243 e. The van der Waals surface area contributed by atoms with Gasteiger partial charge in [-0.25, -0.2) is 8.42 Å². The summed E-state index contributed by atoms with van der Waals surface area (Å²) in [6.07, 6.45) is 5.63. The summed E-state index contributed by atoms with van der Waals surface area (Å²) in [6, 6.07) is 12.9. The molecule has 3 aromatic rings. The summed E-state index contributed by atoms with van der Waals surface area (Å²) < 4.78 is 34.8. The molecule has 9 nitrogen and oxygen atoms in total. The third kappa shape index (κ3) is 6.64. The van der Waals surface area contributed by atoms with Crippen LogP contribution in [-0.4, -0.2) is 59.3 Å². The molecular weight excluding hydrogens is 534 g/mol. The van der Waals surface area contributed by atoms with Gasteiger partial charge in [0.15, 0.2) is 11.0 Å². The molecule has 0 saturated heterocycles. The fourth-order valence-corrected chi connectivity index (χ4v) is 7.20. The van der Waals surface area contributed by atoms with Gasteiger partial charge in [-0.05, 0) is 61.7 Å². The van der Waals surface area contributed by atoms with E-state index in [1.165, 1.54) is 28.6 Å². The lowest BCUT2D eigenvalue weighted by molar-refractivity contribution is -0.113. The number of anilines is 1. The number of nitrogens with one attached hydrogen (secondary N) is 1. The summed E-state index contributed by atoms with van der Waals surface area (Å²) in [5.74, 6) is 1.46. The van der Waals surface area contributed by atoms with Gasteiger partial charge in [0, 0.05) is 30.4 Å². The minimum absolute atomic E-state index is 0.125. The van der Waals surface area contributed by atoms with Crippen molar-refractivity contribution in [1.82, 2.24) is 19.1 Å². The molecule has 39 heavy (non-hydrogen) atoms. The van der Waals surface area contributed by atoms with E-state index < -0.39 is 10.0 Å². The Morgan fingerprint density at radius 1 is 1.08 bits per heavy atom.